The van der Waals surface area contributed by atoms with Crippen molar-refractivity contribution in [2.75, 3.05) is 13.7 Å². The summed E-state index contributed by atoms with van der Waals surface area (Å²) in [6.45, 7) is 1.73. The van der Waals surface area contributed by atoms with Gasteiger partial charge in [0.05, 0.1) is 12.2 Å². The molecular formula is C17H25NO2. The Kier molecular flexibility index (Phi) is 4.27. The first kappa shape index (κ1) is 13.9. The van der Waals surface area contributed by atoms with Gasteiger partial charge in [0.1, 0.15) is 11.9 Å². The number of hydrogen-bond acceptors (Lipinski definition) is 3. The van der Waals surface area contributed by atoms with Crippen molar-refractivity contribution in [2.24, 2.45) is 0 Å². The second-order valence-electron chi connectivity index (χ2n) is 6.15. The molecule has 2 aliphatic rings. The Morgan fingerprint density at radius 3 is 3.00 bits per heavy atom. The Bertz CT molecular complexity index is 440. The van der Waals surface area contributed by atoms with E-state index in [1.807, 2.05) is 7.05 Å². The number of rotatable bonds is 4. The monoisotopic (exact) mass is 275 g/mol. The predicted molar refractivity (Wildman–Crippen MR) is 80.0 cm³/mol. The summed E-state index contributed by atoms with van der Waals surface area (Å²) >= 11 is 0. The molecule has 0 aromatic heterocycles. The highest BCUT2D eigenvalue weighted by molar-refractivity contribution is 5.28. The molecule has 3 nitrogen and oxygen atoms in total. The van der Waals surface area contributed by atoms with Crippen molar-refractivity contribution in [3.63, 3.8) is 0 Å². The van der Waals surface area contributed by atoms with Crippen LogP contribution in [0.15, 0.2) is 24.3 Å². The van der Waals surface area contributed by atoms with Crippen LogP contribution >= 0.6 is 0 Å². The molecule has 1 atom stereocenters. The summed E-state index contributed by atoms with van der Waals surface area (Å²) < 4.78 is 12.3. The maximum Gasteiger partial charge on any atom is 0.120 e. The lowest BCUT2D eigenvalue weighted by Gasteiger charge is -2.38. The number of ether oxygens (including phenoxy) is 2. The van der Waals surface area contributed by atoms with Gasteiger partial charge in [-0.1, -0.05) is 25.0 Å². The quantitative estimate of drug-likeness (QED) is 0.914. The lowest BCUT2D eigenvalue weighted by molar-refractivity contribution is -0.108. The third-order valence-corrected chi connectivity index (χ3v) is 4.54. The molecule has 1 spiro atoms. The van der Waals surface area contributed by atoms with E-state index in [-0.39, 0.29) is 5.60 Å². The normalized spacial score (nSPS) is 24.9. The van der Waals surface area contributed by atoms with Gasteiger partial charge in [-0.3, -0.25) is 0 Å². The van der Waals surface area contributed by atoms with Gasteiger partial charge in [-0.2, -0.15) is 0 Å². The summed E-state index contributed by atoms with van der Waals surface area (Å²) in [5.74, 6) is 0.998. The summed E-state index contributed by atoms with van der Waals surface area (Å²) in [5, 5.41) is 3.18. The average molecular weight is 275 g/mol. The number of nitrogens with one attached hydrogen (secondary N) is 1. The number of hydrogen-bond donors (Lipinski definition) is 1. The molecule has 3 heteroatoms. The zero-order valence-electron chi connectivity index (χ0n) is 12.4. The second-order valence-corrected chi connectivity index (χ2v) is 6.15. The highest BCUT2D eigenvalue weighted by Gasteiger charge is 2.40. The van der Waals surface area contributed by atoms with Gasteiger partial charge in [-0.05, 0) is 37.6 Å². The van der Waals surface area contributed by atoms with E-state index in [1.54, 1.807) is 0 Å². The van der Waals surface area contributed by atoms with Gasteiger partial charge in [0.15, 0.2) is 0 Å². The van der Waals surface area contributed by atoms with Crippen molar-refractivity contribution in [2.45, 2.75) is 56.8 Å². The maximum absolute atomic E-state index is 6.22. The maximum atomic E-state index is 6.22. The average Bonchev–Trinajstić information content (AvgIpc) is 2.87. The van der Waals surface area contributed by atoms with E-state index in [0.717, 1.165) is 31.7 Å². The smallest absolute Gasteiger partial charge is 0.120 e. The van der Waals surface area contributed by atoms with E-state index in [0.29, 0.717) is 6.10 Å². The van der Waals surface area contributed by atoms with Crippen LogP contribution in [0.2, 0.25) is 0 Å². The molecule has 2 fully saturated rings. The molecule has 1 unspecified atom stereocenters. The van der Waals surface area contributed by atoms with Crippen LogP contribution in [0.5, 0.6) is 5.75 Å². The fourth-order valence-electron chi connectivity index (χ4n) is 3.58. The lowest BCUT2D eigenvalue weighted by atomic mass is 9.90. The molecule has 20 heavy (non-hydrogen) atoms. The highest BCUT2D eigenvalue weighted by atomic mass is 16.5. The lowest BCUT2D eigenvalue weighted by Crippen LogP contribution is -2.41. The minimum atomic E-state index is 0.130. The zero-order chi connectivity index (χ0) is 13.8. The Morgan fingerprint density at radius 1 is 1.35 bits per heavy atom. The Labute approximate surface area is 121 Å². The zero-order valence-corrected chi connectivity index (χ0v) is 12.4. The molecule has 0 radical (unpaired) electrons. The third-order valence-electron chi connectivity index (χ3n) is 4.54. The second kappa shape index (κ2) is 6.15. The van der Waals surface area contributed by atoms with Gasteiger partial charge in [0, 0.05) is 19.4 Å². The number of benzene rings is 1. The Hall–Kier alpha value is -1.06. The molecule has 1 saturated carbocycles. The first-order chi connectivity index (χ1) is 9.80. The summed E-state index contributed by atoms with van der Waals surface area (Å²) in [6.07, 6.45) is 7.43. The summed E-state index contributed by atoms with van der Waals surface area (Å²) in [7, 11) is 1.97. The third kappa shape index (κ3) is 3.15. The summed E-state index contributed by atoms with van der Waals surface area (Å²) in [6, 6.07) is 8.42. The van der Waals surface area contributed by atoms with Crippen molar-refractivity contribution < 1.29 is 9.47 Å². The fourth-order valence-corrected chi connectivity index (χ4v) is 3.58. The Balaban J connectivity index is 1.63. The van der Waals surface area contributed by atoms with E-state index >= 15 is 0 Å². The van der Waals surface area contributed by atoms with Crippen LogP contribution < -0.4 is 10.1 Å². The molecule has 1 heterocycles. The first-order valence-electron chi connectivity index (χ1n) is 7.84. The molecule has 1 aliphatic carbocycles. The van der Waals surface area contributed by atoms with Crippen LogP contribution in [-0.2, 0) is 11.3 Å². The highest BCUT2D eigenvalue weighted by Crippen LogP contribution is 2.40. The van der Waals surface area contributed by atoms with Crippen LogP contribution in [0.25, 0.3) is 0 Å². The predicted octanol–water partition coefficient (Wildman–Crippen LogP) is 3.28. The van der Waals surface area contributed by atoms with Gasteiger partial charge in [-0.25, -0.2) is 0 Å². The van der Waals surface area contributed by atoms with E-state index in [1.165, 1.54) is 31.2 Å². The van der Waals surface area contributed by atoms with Crippen LogP contribution in [0, 0.1) is 0 Å². The summed E-state index contributed by atoms with van der Waals surface area (Å²) in [4.78, 5) is 0. The largest absolute Gasteiger partial charge is 0.490 e. The van der Waals surface area contributed by atoms with Crippen molar-refractivity contribution >= 4 is 0 Å². The molecule has 1 aliphatic heterocycles. The minimum Gasteiger partial charge on any atom is -0.490 e. The van der Waals surface area contributed by atoms with E-state index < -0.39 is 0 Å². The van der Waals surface area contributed by atoms with Crippen LogP contribution in [0.4, 0.5) is 0 Å². The Morgan fingerprint density at radius 2 is 2.20 bits per heavy atom. The van der Waals surface area contributed by atoms with Crippen molar-refractivity contribution in [1.82, 2.24) is 5.32 Å². The van der Waals surface area contributed by atoms with Gasteiger partial charge in [0.25, 0.3) is 0 Å². The molecule has 1 saturated heterocycles. The molecule has 3 rings (SSSR count). The summed E-state index contributed by atoms with van der Waals surface area (Å²) in [5.41, 5.74) is 1.40. The SMILES string of the molecule is CNCc1cccc(OC2CCOC3(CCCC3)C2)c1. The fraction of sp³-hybridized carbons (Fsp3) is 0.647. The topological polar surface area (TPSA) is 30.5 Å². The van der Waals surface area contributed by atoms with Gasteiger partial charge in [-0.15, -0.1) is 0 Å². The molecule has 0 amide bonds. The van der Waals surface area contributed by atoms with E-state index in [2.05, 4.69) is 29.6 Å². The van der Waals surface area contributed by atoms with Gasteiger partial charge >= 0.3 is 0 Å². The minimum absolute atomic E-state index is 0.130. The van der Waals surface area contributed by atoms with Crippen LogP contribution in [0.1, 0.15) is 44.1 Å². The van der Waals surface area contributed by atoms with Crippen molar-refractivity contribution in [1.29, 1.82) is 0 Å². The van der Waals surface area contributed by atoms with E-state index in [4.69, 9.17) is 9.47 Å². The molecule has 110 valence electrons. The van der Waals surface area contributed by atoms with Crippen LogP contribution in [-0.4, -0.2) is 25.4 Å². The molecule has 1 N–H and O–H groups in total. The van der Waals surface area contributed by atoms with Gasteiger partial charge < -0.3 is 14.8 Å². The van der Waals surface area contributed by atoms with Crippen molar-refractivity contribution in [3.05, 3.63) is 29.8 Å². The molecular weight excluding hydrogens is 250 g/mol. The van der Waals surface area contributed by atoms with Gasteiger partial charge in [0.2, 0.25) is 0 Å². The van der Waals surface area contributed by atoms with Crippen LogP contribution in [0.3, 0.4) is 0 Å². The molecule has 1 aromatic carbocycles. The van der Waals surface area contributed by atoms with Crippen molar-refractivity contribution in [3.8, 4) is 5.75 Å². The van der Waals surface area contributed by atoms with E-state index in [9.17, 15) is 0 Å². The molecule has 1 aromatic rings. The standard InChI is InChI=1S/C17H25NO2/c1-18-13-14-5-4-6-15(11-14)20-16-7-10-19-17(12-16)8-2-3-9-17/h4-6,11,16,18H,2-3,7-10,12-13H2,1H3. The first-order valence-corrected chi connectivity index (χ1v) is 7.84. The molecule has 0 bridgehead atoms.